The molecule has 3 heteroatoms. The predicted octanol–water partition coefficient (Wildman–Crippen LogP) is 1.94. The minimum absolute atomic E-state index is 0.128. The van der Waals surface area contributed by atoms with Crippen molar-refractivity contribution in [2.45, 2.75) is 25.7 Å². The molecule has 0 aromatic heterocycles. The molecule has 16 heavy (non-hydrogen) atoms. The quantitative estimate of drug-likeness (QED) is 0.609. The van der Waals surface area contributed by atoms with Crippen molar-refractivity contribution in [3.05, 3.63) is 35.4 Å². The molecule has 0 bridgehead atoms. The van der Waals surface area contributed by atoms with E-state index < -0.39 is 0 Å². The third kappa shape index (κ3) is 2.49. The number of rotatable bonds is 2. The first-order chi connectivity index (χ1) is 7.66. The lowest BCUT2D eigenvalue weighted by atomic mass is 9.89. The first-order valence-electron chi connectivity index (χ1n) is 5.77. The van der Waals surface area contributed by atoms with Gasteiger partial charge in [0.15, 0.2) is 5.78 Å². The molecule has 0 aliphatic carbocycles. The molecule has 0 atom stereocenters. The van der Waals surface area contributed by atoms with Gasteiger partial charge in [-0.05, 0) is 31.2 Å². The monoisotopic (exact) mass is 218 g/mol. The number of hydrazine groups is 1. The van der Waals surface area contributed by atoms with E-state index in [0.717, 1.165) is 31.5 Å². The summed E-state index contributed by atoms with van der Waals surface area (Å²) < 4.78 is 0. The van der Waals surface area contributed by atoms with Crippen LogP contribution in [-0.4, -0.2) is 23.9 Å². The lowest BCUT2D eigenvalue weighted by molar-refractivity contribution is 0.101. The number of hydrogen-bond acceptors (Lipinski definition) is 3. The van der Waals surface area contributed by atoms with Gasteiger partial charge in [0.1, 0.15) is 0 Å². The van der Waals surface area contributed by atoms with Crippen LogP contribution in [0.3, 0.4) is 0 Å². The molecule has 1 aliphatic heterocycles. The molecule has 2 N–H and O–H groups in total. The Morgan fingerprint density at radius 2 is 1.81 bits per heavy atom. The summed E-state index contributed by atoms with van der Waals surface area (Å²) in [5.74, 6) is 6.45. The van der Waals surface area contributed by atoms with Gasteiger partial charge in [-0.3, -0.25) is 10.6 Å². The average Bonchev–Trinajstić information content (AvgIpc) is 2.30. The first-order valence-corrected chi connectivity index (χ1v) is 5.77. The molecule has 1 aromatic carbocycles. The van der Waals surface area contributed by atoms with Crippen LogP contribution in [0, 0.1) is 0 Å². The van der Waals surface area contributed by atoms with Crippen LogP contribution < -0.4 is 5.84 Å². The van der Waals surface area contributed by atoms with Crippen LogP contribution in [0.15, 0.2) is 24.3 Å². The van der Waals surface area contributed by atoms with Gasteiger partial charge in [0.25, 0.3) is 0 Å². The van der Waals surface area contributed by atoms with E-state index in [-0.39, 0.29) is 5.78 Å². The Bertz CT molecular complexity index is 364. The fourth-order valence-electron chi connectivity index (χ4n) is 2.22. The van der Waals surface area contributed by atoms with E-state index in [9.17, 15) is 4.79 Å². The van der Waals surface area contributed by atoms with Gasteiger partial charge in [-0.25, -0.2) is 5.01 Å². The summed E-state index contributed by atoms with van der Waals surface area (Å²) in [6, 6.07) is 8.00. The van der Waals surface area contributed by atoms with E-state index >= 15 is 0 Å². The number of benzene rings is 1. The van der Waals surface area contributed by atoms with Crippen molar-refractivity contribution in [2.75, 3.05) is 13.1 Å². The number of nitrogens with zero attached hydrogens (tertiary/aromatic N) is 1. The molecule has 1 aromatic rings. The highest BCUT2D eigenvalue weighted by atomic mass is 16.1. The van der Waals surface area contributed by atoms with Crippen LogP contribution in [-0.2, 0) is 0 Å². The van der Waals surface area contributed by atoms with Crippen molar-refractivity contribution in [2.24, 2.45) is 5.84 Å². The maximum atomic E-state index is 11.2. The number of carbonyl (C=O) groups excluding carboxylic acids is 1. The van der Waals surface area contributed by atoms with Gasteiger partial charge < -0.3 is 0 Å². The maximum Gasteiger partial charge on any atom is 0.159 e. The summed E-state index contributed by atoms with van der Waals surface area (Å²) in [7, 11) is 0. The maximum absolute atomic E-state index is 11.2. The largest absolute Gasteiger partial charge is 0.295 e. The second kappa shape index (κ2) is 4.76. The number of ketones is 1. The van der Waals surface area contributed by atoms with Crippen LogP contribution in [0.1, 0.15) is 41.6 Å². The Morgan fingerprint density at radius 3 is 2.31 bits per heavy atom. The summed E-state index contributed by atoms with van der Waals surface area (Å²) >= 11 is 0. The molecule has 2 rings (SSSR count). The molecule has 1 saturated heterocycles. The molecule has 0 radical (unpaired) electrons. The molecular formula is C13H18N2O. The van der Waals surface area contributed by atoms with Crippen molar-refractivity contribution < 1.29 is 4.79 Å². The minimum Gasteiger partial charge on any atom is -0.295 e. The summed E-state index contributed by atoms with van der Waals surface area (Å²) in [5, 5.41) is 1.88. The van der Waals surface area contributed by atoms with Crippen molar-refractivity contribution in [1.29, 1.82) is 0 Å². The third-order valence-electron chi connectivity index (χ3n) is 3.32. The summed E-state index contributed by atoms with van der Waals surface area (Å²) in [6.45, 7) is 3.51. The van der Waals surface area contributed by atoms with Gasteiger partial charge in [0.2, 0.25) is 0 Å². The molecule has 1 fully saturated rings. The van der Waals surface area contributed by atoms with E-state index in [1.165, 1.54) is 5.56 Å². The van der Waals surface area contributed by atoms with E-state index in [0.29, 0.717) is 5.92 Å². The summed E-state index contributed by atoms with van der Waals surface area (Å²) in [6.07, 6.45) is 2.21. The SMILES string of the molecule is CC(=O)c1ccc(C2CCN(N)CC2)cc1. The highest BCUT2D eigenvalue weighted by Gasteiger charge is 2.18. The Balaban J connectivity index is 2.07. The van der Waals surface area contributed by atoms with Crippen LogP contribution in [0.4, 0.5) is 0 Å². The average molecular weight is 218 g/mol. The summed E-state index contributed by atoms with van der Waals surface area (Å²) in [5.41, 5.74) is 2.12. The van der Waals surface area contributed by atoms with E-state index in [1.54, 1.807) is 6.92 Å². The van der Waals surface area contributed by atoms with Crippen LogP contribution >= 0.6 is 0 Å². The molecule has 1 aliphatic rings. The zero-order chi connectivity index (χ0) is 11.5. The van der Waals surface area contributed by atoms with E-state index in [2.05, 4.69) is 12.1 Å². The Hall–Kier alpha value is -1.19. The predicted molar refractivity (Wildman–Crippen MR) is 64.2 cm³/mol. The molecule has 86 valence electrons. The number of carbonyl (C=O) groups is 1. The smallest absolute Gasteiger partial charge is 0.159 e. The van der Waals surface area contributed by atoms with Crippen molar-refractivity contribution in [1.82, 2.24) is 5.01 Å². The van der Waals surface area contributed by atoms with Crippen LogP contribution in [0.25, 0.3) is 0 Å². The molecule has 3 nitrogen and oxygen atoms in total. The van der Waals surface area contributed by atoms with Gasteiger partial charge >= 0.3 is 0 Å². The highest BCUT2D eigenvalue weighted by Crippen LogP contribution is 2.27. The summed E-state index contributed by atoms with van der Waals surface area (Å²) in [4.78, 5) is 11.2. The van der Waals surface area contributed by atoms with Crippen LogP contribution in [0.5, 0.6) is 0 Å². The second-order valence-electron chi connectivity index (χ2n) is 4.49. The molecule has 0 unspecified atom stereocenters. The molecule has 0 saturated carbocycles. The molecule has 0 spiro atoms. The first kappa shape index (κ1) is 11.3. The topological polar surface area (TPSA) is 46.3 Å². The number of Topliss-reactive ketones (excluding diaryl/α,β-unsaturated/α-hetero) is 1. The molecule has 1 heterocycles. The van der Waals surface area contributed by atoms with Crippen molar-refractivity contribution >= 4 is 5.78 Å². The van der Waals surface area contributed by atoms with Crippen molar-refractivity contribution in [3.63, 3.8) is 0 Å². The van der Waals surface area contributed by atoms with E-state index in [4.69, 9.17) is 5.84 Å². The van der Waals surface area contributed by atoms with Crippen LogP contribution in [0.2, 0.25) is 0 Å². The molecular weight excluding hydrogens is 200 g/mol. The fourth-order valence-corrected chi connectivity index (χ4v) is 2.22. The van der Waals surface area contributed by atoms with Gasteiger partial charge in [-0.1, -0.05) is 24.3 Å². The standard InChI is InChI=1S/C13H18N2O/c1-10(16)11-2-4-12(5-3-11)13-6-8-15(14)9-7-13/h2-5,13H,6-9,14H2,1H3. The Labute approximate surface area is 96.2 Å². The third-order valence-corrected chi connectivity index (χ3v) is 3.32. The number of nitrogens with two attached hydrogens (primary N) is 1. The number of piperidine rings is 1. The second-order valence-corrected chi connectivity index (χ2v) is 4.49. The van der Waals surface area contributed by atoms with E-state index in [1.807, 2.05) is 17.1 Å². The normalized spacial score (nSPS) is 18.6. The number of hydrogen-bond donors (Lipinski definition) is 1. The van der Waals surface area contributed by atoms with Crippen molar-refractivity contribution in [3.8, 4) is 0 Å². The van der Waals surface area contributed by atoms with Gasteiger partial charge in [0, 0.05) is 18.7 Å². The lowest BCUT2D eigenvalue weighted by Crippen LogP contribution is -2.38. The van der Waals surface area contributed by atoms with Gasteiger partial charge in [-0.15, -0.1) is 0 Å². The molecule has 0 amide bonds. The zero-order valence-electron chi connectivity index (χ0n) is 9.65. The fraction of sp³-hybridized carbons (Fsp3) is 0.462. The van der Waals surface area contributed by atoms with Gasteiger partial charge in [0.05, 0.1) is 0 Å². The Morgan fingerprint density at radius 1 is 1.25 bits per heavy atom. The highest BCUT2D eigenvalue weighted by molar-refractivity contribution is 5.94. The van der Waals surface area contributed by atoms with Gasteiger partial charge in [-0.2, -0.15) is 0 Å². The zero-order valence-corrected chi connectivity index (χ0v) is 9.65. The lowest BCUT2D eigenvalue weighted by Gasteiger charge is -2.28. The minimum atomic E-state index is 0.128. The Kier molecular flexibility index (Phi) is 3.36.